The number of aliphatic hydroxyl groups is 1. The number of carbonyl (C=O) groups is 1. The molecule has 0 amide bonds. The van der Waals surface area contributed by atoms with Gasteiger partial charge in [0.1, 0.15) is 0 Å². The Labute approximate surface area is 109 Å². The Bertz CT molecular complexity index is 311. The van der Waals surface area contributed by atoms with E-state index < -0.39 is 5.97 Å². The molecule has 2 aliphatic rings. The Hall–Kier alpha value is -0.830. The molecule has 0 aromatic rings. The molecule has 2 fully saturated rings. The average molecular weight is 252 g/mol. The number of allylic oxidation sites excluding steroid dienone is 2. The van der Waals surface area contributed by atoms with Gasteiger partial charge in [-0.25, -0.2) is 0 Å². The summed E-state index contributed by atoms with van der Waals surface area (Å²) >= 11 is 0. The maximum absolute atomic E-state index is 10.4. The molecule has 3 heteroatoms. The second-order valence-electron chi connectivity index (χ2n) is 5.84. The van der Waals surface area contributed by atoms with Crippen molar-refractivity contribution in [3.05, 3.63) is 12.2 Å². The fourth-order valence-corrected chi connectivity index (χ4v) is 3.92. The summed E-state index contributed by atoms with van der Waals surface area (Å²) in [6, 6.07) is 0. The molecule has 102 valence electrons. The van der Waals surface area contributed by atoms with Gasteiger partial charge in [0.2, 0.25) is 0 Å². The van der Waals surface area contributed by atoms with Crippen molar-refractivity contribution < 1.29 is 15.0 Å². The number of carboxylic acids is 1. The minimum absolute atomic E-state index is 0.262. The van der Waals surface area contributed by atoms with Crippen molar-refractivity contribution in [2.75, 3.05) is 6.61 Å². The molecule has 2 bridgehead atoms. The Morgan fingerprint density at radius 3 is 2.56 bits per heavy atom. The molecule has 2 N–H and O–H groups in total. The van der Waals surface area contributed by atoms with Gasteiger partial charge in [-0.05, 0) is 62.2 Å². The first-order valence-corrected chi connectivity index (χ1v) is 7.20. The smallest absolute Gasteiger partial charge is 0.303 e. The molecule has 3 nitrogen and oxygen atoms in total. The van der Waals surface area contributed by atoms with E-state index in [1.807, 2.05) is 0 Å². The van der Waals surface area contributed by atoms with Gasteiger partial charge in [-0.3, -0.25) is 4.79 Å². The molecule has 2 saturated carbocycles. The molecule has 0 aliphatic heterocycles. The highest BCUT2D eigenvalue weighted by Crippen LogP contribution is 2.53. The van der Waals surface area contributed by atoms with Gasteiger partial charge in [-0.2, -0.15) is 0 Å². The highest BCUT2D eigenvalue weighted by molar-refractivity contribution is 5.66. The Kier molecular flexibility index (Phi) is 4.81. The molecule has 0 radical (unpaired) electrons. The number of rotatable bonds is 7. The lowest BCUT2D eigenvalue weighted by atomic mass is 9.78. The van der Waals surface area contributed by atoms with Gasteiger partial charge in [0.25, 0.3) is 0 Å². The number of aliphatic carboxylic acids is 1. The number of unbranched alkanes of at least 4 members (excludes halogenated alkanes) is 1. The highest BCUT2D eigenvalue weighted by atomic mass is 16.4. The molecule has 0 spiro atoms. The van der Waals surface area contributed by atoms with Crippen LogP contribution in [0.3, 0.4) is 0 Å². The summed E-state index contributed by atoms with van der Waals surface area (Å²) in [4.78, 5) is 10.4. The van der Waals surface area contributed by atoms with E-state index in [-0.39, 0.29) is 6.42 Å². The fourth-order valence-electron chi connectivity index (χ4n) is 3.92. The first kappa shape index (κ1) is 13.6. The summed E-state index contributed by atoms with van der Waals surface area (Å²) in [5.74, 6) is 2.08. The van der Waals surface area contributed by atoms with Crippen LogP contribution >= 0.6 is 0 Å². The second kappa shape index (κ2) is 6.37. The summed E-state index contributed by atoms with van der Waals surface area (Å²) in [5, 5.41) is 18.0. The molecule has 2 aliphatic carbocycles. The highest BCUT2D eigenvalue weighted by Gasteiger charge is 2.46. The summed E-state index contributed by atoms with van der Waals surface area (Å²) in [7, 11) is 0. The van der Waals surface area contributed by atoms with Crippen LogP contribution in [-0.4, -0.2) is 22.8 Å². The number of hydrogen-bond donors (Lipinski definition) is 2. The summed E-state index contributed by atoms with van der Waals surface area (Å²) in [6.45, 7) is 0.346. The van der Waals surface area contributed by atoms with Gasteiger partial charge in [0.15, 0.2) is 0 Å². The van der Waals surface area contributed by atoms with Crippen molar-refractivity contribution in [3.8, 4) is 0 Å². The van der Waals surface area contributed by atoms with Crippen molar-refractivity contribution in [2.45, 2.75) is 44.9 Å². The number of hydrogen-bond acceptors (Lipinski definition) is 2. The van der Waals surface area contributed by atoms with Crippen LogP contribution in [0, 0.1) is 23.7 Å². The van der Waals surface area contributed by atoms with E-state index in [1.165, 1.54) is 19.3 Å². The van der Waals surface area contributed by atoms with E-state index in [9.17, 15) is 9.90 Å². The van der Waals surface area contributed by atoms with Crippen LogP contribution in [0.5, 0.6) is 0 Å². The normalized spacial score (nSPS) is 34.5. The van der Waals surface area contributed by atoms with E-state index in [0.717, 1.165) is 31.1 Å². The van der Waals surface area contributed by atoms with Crippen molar-refractivity contribution in [1.82, 2.24) is 0 Å². The number of carboxylic acid groups (broad SMARTS) is 1. The molecule has 0 heterocycles. The van der Waals surface area contributed by atoms with Crippen LogP contribution in [-0.2, 0) is 4.79 Å². The molecule has 2 rings (SSSR count). The molecule has 0 unspecified atom stereocenters. The van der Waals surface area contributed by atoms with E-state index >= 15 is 0 Å². The zero-order valence-corrected chi connectivity index (χ0v) is 10.9. The predicted octanol–water partition coefficient (Wildman–Crippen LogP) is 2.84. The summed E-state index contributed by atoms with van der Waals surface area (Å²) in [5.41, 5.74) is 0. The molecule has 4 atom stereocenters. The first-order valence-electron chi connectivity index (χ1n) is 7.20. The topological polar surface area (TPSA) is 57.5 Å². The zero-order chi connectivity index (χ0) is 13.0. The van der Waals surface area contributed by atoms with Crippen LogP contribution in [0.25, 0.3) is 0 Å². The van der Waals surface area contributed by atoms with Gasteiger partial charge in [0, 0.05) is 13.0 Å². The third-order valence-electron chi connectivity index (χ3n) is 4.82. The van der Waals surface area contributed by atoms with Crippen molar-refractivity contribution in [2.24, 2.45) is 23.7 Å². The quantitative estimate of drug-likeness (QED) is 0.541. The van der Waals surface area contributed by atoms with Crippen LogP contribution < -0.4 is 0 Å². The van der Waals surface area contributed by atoms with E-state index in [1.54, 1.807) is 0 Å². The van der Waals surface area contributed by atoms with Gasteiger partial charge < -0.3 is 10.2 Å². The van der Waals surface area contributed by atoms with Gasteiger partial charge in [0.05, 0.1) is 0 Å². The predicted molar refractivity (Wildman–Crippen MR) is 70.1 cm³/mol. The second-order valence-corrected chi connectivity index (χ2v) is 5.84. The molecule has 0 aromatic carbocycles. The average Bonchev–Trinajstić information content (AvgIpc) is 2.93. The van der Waals surface area contributed by atoms with Crippen LogP contribution in [0.1, 0.15) is 44.9 Å². The van der Waals surface area contributed by atoms with Crippen molar-refractivity contribution in [1.29, 1.82) is 0 Å². The largest absolute Gasteiger partial charge is 0.481 e. The fraction of sp³-hybridized carbons (Fsp3) is 0.800. The Balaban J connectivity index is 1.69. The minimum Gasteiger partial charge on any atom is -0.481 e. The van der Waals surface area contributed by atoms with E-state index in [0.29, 0.717) is 18.4 Å². The lowest BCUT2D eigenvalue weighted by molar-refractivity contribution is -0.137. The van der Waals surface area contributed by atoms with Crippen LogP contribution in [0.4, 0.5) is 0 Å². The van der Waals surface area contributed by atoms with Crippen molar-refractivity contribution >= 4 is 5.97 Å². The lowest BCUT2D eigenvalue weighted by Gasteiger charge is -2.28. The first-order chi connectivity index (χ1) is 8.72. The monoisotopic (exact) mass is 252 g/mol. The van der Waals surface area contributed by atoms with Crippen LogP contribution in [0.2, 0.25) is 0 Å². The van der Waals surface area contributed by atoms with Gasteiger partial charge in [-0.15, -0.1) is 0 Å². The minimum atomic E-state index is -0.711. The van der Waals surface area contributed by atoms with Crippen molar-refractivity contribution in [3.63, 3.8) is 0 Å². The molecular formula is C15H24O3. The van der Waals surface area contributed by atoms with Gasteiger partial charge in [-0.1, -0.05) is 12.2 Å². The molecule has 0 aromatic heterocycles. The maximum Gasteiger partial charge on any atom is 0.303 e. The number of fused-ring (bicyclic) bond motifs is 2. The Morgan fingerprint density at radius 2 is 1.89 bits per heavy atom. The third kappa shape index (κ3) is 3.14. The maximum atomic E-state index is 10.4. The SMILES string of the molecule is O=C(O)CCCC=CC[C@H]1[C@H]2CC[C@H](C2)[C@H]1CO. The van der Waals surface area contributed by atoms with E-state index in [4.69, 9.17) is 5.11 Å². The summed E-state index contributed by atoms with van der Waals surface area (Å²) < 4.78 is 0. The number of aliphatic hydroxyl groups excluding tert-OH is 1. The zero-order valence-electron chi connectivity index (χ0n) is 10.9. The summed E-state index contributed by atoms with van der Waals surface area (Å²) in [6.07, 6.45) is 11.2. The van der Waals surface area contributed by atoms with Gasteiger partial charge >= 0.3 is 5.97 Å². The molecule has 0 saturated heterocycles. The molecular weight excluding hydrogens is 228 g/mol. The van der Waals surface area contributed by atoms with E-state index in [2.05, 4.69) is 12.2 Å². The Morgan fingerprint density at radius 1 is 1.17 bits per heavy atom. The van der Waals surface area contributed by atoms with Crippen LogP contribution in [0.15, 0.2) is 12.2 Å². The third-order valence-corrected chi connectivity index (χ3v) is 4.82. The molecule has 18 heavy (non-hydrogen) atoms. The standard InChI is InChI=1S/C15H24O3/c16-10-14-12-8-7-11(9-12)13(14)5-3-1-2-4-6-15(17)18/h1,3,11-14,16H,2,4-10H2,(H,17,18)/t11-,12+,13-,14+/m0/s1. The lowest BCUT2D eigenvalue weighted by Crippen LogP contribution is -2.24.